The molecule has 1 saturated carbocycles. The van der Waals surface area contributed by atoms with Crippen LogP contribution in [0, 0.1) is 0 Å². The van der Waals surface area contributed by atoms with Crippen LogP contribution in [0.3, 0.4) is 0 Å². The average Bonchev–Trinajstić information content (AvgIpc) is 2.61. The first kappa shape index (κ1) is 7.06. The van der Waals surface area contributed by atoms with E-state index in [4.69, 9.17) is 4.74 Å². The first-order chi connectivity index (χ1) is 5.24. The van der Waals surface area contributed by atoms with Crippen LogP contribution in [0.1, 0.15) is 17.7 Å². The number of rotatable bonds is 2. The van der Waals surface area contributed by atoms with Crippen LogP contribution in [0.15, 0.2) is 6.20 Å². The van der Waals surface area contributed by atoms with Crippen LogP contribution in [0.25, 0.3) is 0 Å². The predicted octanol–water partition coefficient (Wildman–Crippen LogP) is 1.13. The summed E-state index contributed by atoms with van der Waals surface area (Å²) in [5, 5.41) is 10.2. The standard InChI is InChI=1S/C7H9NO2S/c1-10-6-8-4-5(11-6)7(9)2-3-7/h4,9H,2-3H2,1H3. The van der Waals surface area contributed by atoms with Gasteiger partial charge < -0.3 is 9.84 Å². The lowest BCUT2D eigenvalue weighted by Gasteiger charge is -1.99. The lowest BCUT2D eigenvalue weighted by atomic mass is 10.3. The maximum Gasteiger partial charge on any atom is 0.273 e. The fourth-order valence-electron chi connectivity index (χ4n) is 0.932. The molecule has 0 atom stereocenters. The van der Waals surface area contributed by atoms with Crippen molar-refractivity contribution in [2.45, 2.75) is 18.4 Å². The van der Waals surface area contributed by atoms with Crippen molar-refractivity contribution in [3.8, 4) is 5.19 Å². The Kier molecular flexibility index (Phi) is 1.40. The summed E-state index contributed by atoms with van der Waals surface area (Å²) in [5.41, 5.74) is -0.561. The maximum absolute atomic E-state index is 9.62. The Bertz CT molecular complexity index is 267. The molecule has 4 heteroatoms. The molecule has 3 nitrogen and oxygen atoms in total. The van der Waals surface area contributed by atoms with Gasteiger partial charge in [-0.05, 0) is 12.8 Å². The molecule has 0 radical (unpaired) electrons. The lowest BCUT2D eigenvalue weighted by molar-refractivity contribution is 0.155. The molecule has 0 spiro atoms. The summed E-state index contributed by atoms with van der Waals surface area (Å²) < 4.78 is 4.91. The van der Waals surface area contributed by atoms with Crippen molar-refractivity contribution in [2.75, 3.05) is 7.11 Å². The number of thiazole rings is 1. The maximum atomic E-state index is 9.62. The summed E-state index contributed by atoms with van der Waals surface area (Å²) in [4.78, 5) is 4.90. The second-order valence-electron chi connectivity index (χ2n) is 2.73. The van der Waals surface area contributed by atoms with E-state index in [1.165, 1.54) is 11.3 Å². The molecule has 1 heterocycles. The Balaban J connectivity index is 2.25. The molecule has 0 aliphatic heterocycles. The molecule has 1 aromatic rings. The van der Waals surface area contributed by atoms with Gasteiger partial charge in [-0.2, -0.15) is 0 Å². The molecule has 0 bridgehead atoms. The lowest BCUT2D eigenvalue weighted by Crippen LogP contribution is -1.99. The summed E-state index contributed by atoms with van der Waals surface area (Å²) in [5.74, 6) is 0. The van der Waals surface area contributed by atoms with E-state index in [0.29, 0.717) is 5.19 Å². The van der Waals surface area contributed by atoms with E-state index in [0.717, 1.165) is 17.7 Å². The van der Waals surface area contributed by atoms with Gasteiger partial charge >= 0.3 is 0 Å². The highest BCUT2D eigenvalue weighted by Gasteiger charge is 2.43. The zero-order valence-corrected chi connectivity index (χ0v) is 7.02. The number of ether oxygens (including phenoxy) is 1. The smallest absolute Gasteiger partial charge is 0.273 e. The Labute approximate surface area is 68.7 Å². The molecule has 1 fully saturated rings. The molecule has 0 unspecified atom stereocenters. The van der Waals surface area contributed by atoms with E-state index in [9.17, 15) is 5.11 Å². The molecule has 60 valence electrons. The molecule has 1 aliphatic rings. The molecule has 1 aromatic heterocycles. The first-order valence-corrected chi connectivity index (χ1v) is 4.29. The van der Waals surface area contributed by atoms with Crippen LogP contribution in [0.5, 0.6) is 5.19 Å². The predicted molar refractivity (Wildman–Crippen MR) is 41.8 cm³/mol. The van der Waals surface area contributed by atoms with Crippen molar-refractivity contribution in [1.29, 1.82) is 0 Å². The van der Waals surface area contributed by atoms with Gasteiger partial charge in [-0.1, -0.05) is 11.3 Å². The van der Waals surface area contributed by atoms with Crippen LogP contribution in [-0.4, -0.2) is 17.2 Å². The molecular formula is C7H9NO2S. The number of aliphatic hydroxyl groups is 1. The minimum absolute atomic E-state index is 0.561. The highest BCUT2D eigenvalue weighted by atomic mass is 32.1. The van der Waals surface area contributed by atoms with Gasteiger partial charge in [0.05, 0.1) is 12.0 Å². The van der Waals surface area contributed by atoms with E-state index >= 15 is 0 Å². The highest BCUT2D eigenvalue weighted by molar-refractivity contribution is 7.13. The largest absolute Gasteiger partial charge is 0.473 e. The second-order valence-corrected chi connectivity index (χ2v) is 3.72. The molecule has 1 aliphatic carbocycles. The van der Waals surface area contributed by atoms with E-state index < -0.39 is 5.60 Å². The van der Waals surface area contributed by atoms with Crippen molar-refractivity contribution in [2.24, 2.45) is 0 Å². The number of methoxy groups -OCH3 is 1. The minimum atomic E-state index is -0.561. The van der Waals surface area contributed by atoms with Gasteiger partial charge in [0, 0.05) is 6.20 Å². The Morgan fingerprint density at radius 3 is 2.91 bits per heavy atom. The highest BCUT2D eigenvalue weighted by Crippen LogP contribution is 2.48. The SMILES string of the molecule is COc1ncc(C2(O)CC2)s1. The van der Waals surface area contributed by atoms with Gasteiger partial charge in [0.15, 0.2) is 0 Å². The van der Waals surface area contributed by atoms with Crippen LogP contribution in [-0.2, 0) is 5.60 Å². The van der Waals surface area contributed by atoms with Gasteiger partial charge in [0.2, 0.25) is 0 Å². The van der Waals surface area contributed by atoms with E-state index in [1.54, 1.807) is 13.3 Å². The molecule has 1 N–H and O–H groups in total. The zero-order valence-electron chi connectivity index (χ0n) is 6.20. The Hall–Kier alpha value is -0.610. The number of hydrogen-bond acceptors (Lipinski definition) is 4. The Morgan fingerprint density at radius 2 is 2.45 bits per heavy atom. The van der Waals surface area contributed by atoms with Crippen LogP contribution in [0.4, 0.5) is 0 Å². The monoisotopic (exact) mass is 171 g/mol. The van der Waals surface area contributed by atoms with Gasteiger partial charge in [0.1, 0.15) is 5.60 Å². The molecule has 11 heavy (non-hydrogen) atoms. The van der Waals surface area contributed by atoms with Gasteiger partial charge in [-0.15, -0.1) is 0 Å². The Morgan fingerprint density at radius 1 is 1.73 bits per heavy atom. The fraction of sp³-hybridized carbons (Fsp3) is 0.571. The van der Waals surface area contributed by atoms with E-state index in [2.05, 4.69) is 4.98 Å². The van der Waals surface area contributed by atoms with Gasteiger partial charge in [-0.25, -0.2) is 4.98 Å². The van der Waals surface area contributed by atoms with Crippen LogP contribution in [0.2, 0.25) is 0 Å². The molecule has 2 rings (SSSR count). The third-order valence-corrected chi connectivity index (χ3v) is 2.99. The molecule has 0 amide bonds. The summed E-state index contributed by atoms with van der Waals surface area (Å²) in [6.07, 6.45) is 3.41. The van der Waals surface area contributed by atoms with Crippen molar-refractivity contribution in [3.05, 3.63) is 11.1 Å². The summed E-state index contributed by atoms with van der Waals surface area (Å²) in [6, 6.07) is 0. The van der Waals surface area contributed by atoms with Crippen molar-refractivity contribution >= 4 is 11.3 Å². The van der Waals surface area contributed by atoms with E-state index in [-0.39, 0.29) is 0 Å². The third-order valence-electron chi connectivity index (χ3n) is 1.84. The minimum Gasteiger partial charge on any atom is -0.473 e. The van der Waals surface area contributed by atoms with Crippen LogP contribution < -0.4 is 4.74 Å². The average molecular weight is 171 g/mol. The summed E-state index contributed by atoms with van der Waals surface area (Å²) in [7, 11) is 1.58. The topological polar surface area (TPSA) is 42.4 Å². The summed E-state index contributed by atoms with van der Waals surface area (Å²) >= 11 is 1.42. The van der Waals surface area contributed by atoms with Crippen molar-refractivity contribution < 1.29 is 9.84 Å². The quantitative estimate of drug-likeness (QED) is 0.725. The number of aromatic nitrogens is 1. The zero-order chi connectivity index (χ0) is 7.90. The van der Waals surface area contributed by atoms with Crippen molar-refractivity contribution in [3.63, 3.8) is 0 Å². The molecular weight excluding hydrogens is 162 g/mol. The molecule has 0 saturated heterocycles. The van der Waals surface area contributed by atoms with Crippen LogP contribution >= 0.6 is 11.3 Å². The summed E-state index contributed by atoms with van der Waals surface area (Å²) in [6.45, 7) is 0. The van der Waals surface area contributed by atoms with Gasteiger partial charge in [-0.3, -0.25) is 0 Å². The second kappa shape index (κ2) is 2.19. The normalized spacial score (nSPS) is 19.8. The molecule has 0 aromatic carbocycles. The van der Waals surface area contributed by atoms with Crippen molar-refractivity contribution in [1.82, 2.24) is 4.98 Å². The number of nitrogens with zero attached hydrogens (tertiary/aromatic N) is 1. The van der Waals surface area contributed by atoms with E-state index in [1.807, 2.05) is 0 Å². The first-order valence-electron chi connectivity index (χ1n) is 3.47. The van der Waals surface area contributed by atoms with Gasteiger partial charge in [0.25, 0.3) is 5.19 Å². The third kappa shape index (κ3) is 1.12. The fourth-order valence-corrected chi connectivity index (χ4v) is 1.81. The number of hydrogen-bond donors (Lipinski definition) is 1.